The van der Waals surface area contributed by atoms with Crippen molar-refractivity contribution in [1.82, 2.24) is 0 Å². The second kappa shape index (κ2) is 5.10. The summed E-state index contributed by atoms with van der Waals surface area (Å²) in [5.41, 5.74) is 1.24. The van der Waals surface area contributed by atoms with Gasteiger partial charge in [0, 0.05) is 10.1 Å². The van der Waals surface area contributed by atoms with Crippen LogP contribution in [0.1, 0.15) is 17.2 Å². The average Bonchev–Trinajstić information content (AvgIpc) is 2.06. The maximum absolute atomic E-state index is 4.46. The van der Waals surface area contributed by atoms with Gasteiger partial charge in [-0.2, -0.15) is 25.3 Å². The molecule has 1 unspecified atom stereocenters. The van der Waals surface area contributed by atoms with Gasteiger partial charge in [-0.05, 0) is 29.9 Å². The van der Waals surface area contributed by atoms with Gasteiger partial charge < -0.3 is 0 Å². The Labute approximate surface area is 90.0 Å². The second-order valence-electron chi connectivity index (χ2n) is 2.62. The molecule has 0 saturated carbocycles. The van der Waals surface area contributed by atoms with Crippen molar-refractivity contribution in [2.75, 3.05) is 5.75 Å². The predicted octanol–water partition coefficient (Wildman–Crippen LogP) is 3.27. The van der Waals surface area contributed by atoms with Crippen LogP contribution < -0.4 is 0 Å². The van der Waals surface area contributed by atoms with E-state index in [1.807, 2.05) is 12.1 Å². The zero-order chi connectivity index (χ0) is 8.97. The molecule has 1 rings (SSSR count). The molecule has 1 atom stereocenters. The molecular formula is C9H12S3. The van der Waals surface area contributed by atoms with Crippen LogP contribution in [0.5, 0.6) is 0 Å². The first-order valence-electron chi connectivity index (χ1n) is 3.82. The molecule has 0 nitrogen and oxygen atoms in total. The Morgan fingerprint density at radius 3 is 2.25 bits per heavy atom. The van der Waals surface area contributed by atoms with Crippen LogP contribution in [0.25, 0.3) is 0 Å². The monoisotopic (exact) mass is 216 g/mol. The Morgan fingerprint density at radius 2 is 1.75 bits per heavy atom. The van der Waals surface area contributed by atoms with Gasteiger partial charge in [-0.25, -0.2) is 0 Å². The van der Waals surface area contributed by atoms with Crippen molar-refractivity contribution in [3.63, 3.8) is 0 Å². The molecule has 0 heterocycles. The van der Waals surface area contributed by atoms with E-state index in [4.69, 9.17) is 0 Å². The molecule has 0 aromatic heterocycles. The molecule has 0 amide bonds. The number of thiol groups is 3. The van der Waals surface area contributed by atoms with Crippen molar-refractivity contribution < 1.29 is 0 Å². The highest BCUT2D eigenvalue weighted by Gasteiger charge is 2.03. The van der Waals surface area contributed by atoms with Crippen molar-refractivity contribution in [3.05, 3.63) is 29.8 Å². The average molecular weight is 216 g/mol. The molecule has 3 heteroatoms. The Morgan fingerprint density at radius 1 is 1.17 bits per heavy atom. The molecule has 0 bridgehead atoms. The number of hydrogen-bond donors (Lipinski definition) is 3. The molecular weight excluding hydrogens is 204 g/mol. The van der Waals surface area contributed by atoms with Gasteiger partial charge in [-0.3, -0.25) is 0 Å². The van der Waals surface area contributed by atoms with E-state index in [2.05, 4.69) is 50.0 Å². The molecule has 66 valence electrons. The van der Waals surface area contributed by atoms with Crippen molar-refractivity contribution in [2.45, 2.75) is 16.6 Å². The fourth-order valence-electron chi connectivity index (χ4n) is 0.985. The third kappa shape index (κ3) is 2.96. The van der Waals surface area contributed by atoms with E-state index >= 15 is 0 Å². The van der Waals surface area contributed by atoms with E-state index in [0.29, 0.717) is 5.25 Å². The lowest BCUT2D eigenvalue weighted by Crippen LogP contribution is -1.90. The zero-order valence-corrected chi connectivity index (χ0v) is 9.33. The third-order valence-electron chi connectivity index (χ3n) is 1.68. The molecule has 0 saturated heterocycles. The molecule has 0 radical (unpaired) electrons. The van der Waals surface area contributed by atoms with Crippen molar-refractivity contribution in [2.24, 2.45) is 0 Å². The Kier molecular flexibility index (Phi) is 4.40. The van der Waals surface area contributed by atoms with Crippen LogP contribution in [0.4, 0.5) is 0 Å². The summed E-state index contributed by atoms with van der Waals surface area (Å²) in [5, 5.41) is 0.302. The fourth-order valence-corrected chi connectivity index (χ4v) is 1.90. The summed E-state index contributed by atoms with van der Waals surface area (Å²) in [6.45, 7) is 0. The maximum Gasteiger partial charge on any atom is 0.0274 e. The van der Waals surface area contributed by atoms with E-state index in [-0.39, 0.29) is 0 Å². The van der Waals surface area contributed by atoms with Gasteiger partial charge in [0.05, 0.1) is 0 Å². The summed E-state index contributed by atoms with van der Waals surface area (Å²) in [4.78, 5) is 0.991. The fraction of sp³-hybridized carbons (Fsp3) is 0.333. The number of hydrogen-bond acceptors (Lipinski definition) is 3. The summed E-state index contributed by atoms with van der Waals surface area (Å²) in [6, 6.07) is 8.09. The van der Waals surface area contributed by atoms with E-state index in [1.54, 1.807) is 0 Å². The lowest BCUT2D eigenvalue weighted by molar-refractivity contribution is 0.914. The van der Waals surface area contributed by atoms with Crippen LogP contribution in [-0.4, -0.2) is 5.75 Å². The van der Waals surface area contributed by atoms with Gasteiger partial charge in [0.2, 0.25) is 0 Å². The molecule has 0 aliphatic rings. The van der Waals surface area contributed by atoms with E-state index < -0.39 is 0 Å². The largest absolute Gasteiger partial charge is 0.179 e. The van der Waals surface area contributed by atoms with Crippen LogP contribution in [0, 0.1) is 0 Å². The van der Waals surface area contributed by atoms with Crippen LogP contribution in [0.3, 0.4) is 0 Å². The van der Waals surface area contributed by atoms with Crippen LogP contribution in [0.2, 0.25) is 0 Å². The normalized spacial score (nSPS) is 12.9. The van der Waals surface area contributed by atoms with Crippen LogP contribution >= 0.6 is 37.9 Å². The van der Waals surface area contributed by atoms with E-state index in [1.165, 1.54) is 5.56 Å². The smallest absolute Gasteiger partial charge is 0.0274 e. The predicted molar refractivity (Wildman–Crippen MR) is 63.9 cm³/mol. The molecule has 0 N–H and O–H groups in total. The Balaban J connectivity index is 2.68. The molecule has 0 aliphatic heterocycles. The minimum atomic E-state index is 0.302. The van der Waals surface area contributed by atoms with Gasteiger partial charge in [-0.15, -0.1) is 12.6 Å². The van der Waals surface area contributed by atoms with Crippen molar-refractivity contribution >= 4 is 37.9 Å². The molecule has 1 aromatic rings. The standard InChI is InChI=1S/C9H12S3/c10-6-5-9(12)7-1-3-8(11)4-2-7/h1-4,9-12H,5-6H2. The topological polar surface area (TPSA) is 0 Å². The maximum atomic E-state index is 4.46. The molecule has 0 fully saturated rings. The summed E-state index contributed by atoms with van der Waals surface area (Å²) < 4.78 is 0. The number of rotatable bonds is 3. The van der Waals surface area contributed by atoms with Gasteiger partial charge in [-0.1, -0.05) is 12.1 Å². The Hall–Kier alpha value is 0.270. The SMILES string of the molecule is SCCC(S)c1ccc(S)cc1. The minimum Gasteiger partial charge on any atom is -0.179 e. The first kappa shape index (κ1) is 10.4. The third-order valence-corrected chi connectivity index (χ3v) is 2.79. The Bertz CT molecular complexity index is 230. The van der Waals surface area contributed by atoms with Gasteiger partial charge >= 0.3 is 0 Å². The van der Waals surface area contributed by atoms with E-state index in [0.717, 1.165) is 17.1 Å². The second-order valence-corrected chi connectivity index (χ2v) is 4.21. The first-order valence-corrected chi connectivity index (χ1v) is 5.41. The van der Waals surface area contributed by atoms with Gasteiger partial charge in [0.25, 0.3) is 0 Å². The highest BCUT2D eigenvalue weighted by Crippen LogP contribution is 2.24. The van der Waals surface area contributed by atoms with Crippen molar-refractivity contribution in [1.29, 1.82) is 0 Å². The summed E-state index contributed by atoms with van der Waals surface area (Å²) in [7, 11) is 0. The molecule has 0 spiro atoms. The lowest BCUT2D eigenvalue weighted by atomic mass is 10.1. The van der Waals surface area contributed by atoms with Crippen LogP contribution in [0.15, 0.2) is 29.2 Å². The number of benzene rings is 1. The first-order chi connectivity index (χ1) is 5.74. The summed E-state index contributed by atoms with van der Waals surface area (Å²) in [5.74, 6) is 0.872. The van der Waals surface area contributed by atoms with Gasteiger partial charge in [0.1, 0.15) is 0 Å². The molecule has 0 aliphatic carbocycles. The molecule has 1 aromatic carbocycles. The summed E-state index contributed by atoms with van der Waals surface area (Å²) in [6.07, 6.45) is 0.998. The highest BCUT2D eigenvalue weighted by atomic mass is 32.1. The zero-order valence-electron chi connectivity index (χ0n) is 6.64. The van der Waals surface area contributed by atoms with E-state index in [9.17, 15) is 0 Å². The lowest BCUT2D eigenvalue weighted by Gasteiger charge is -2.08. The quantitative estimate of drug-likeness (QED) is 0.635. The van der Waals surface area contributed by atoms with Crippen molar-refractivity contribution in [3.8, 4) is 0 Å². The highest BCUT2D eigenvalue weighted by molar-refractivity contribution is 7.81. The minimum absolute atomic E-state index is 0.302. The molecule has 12 heavy (non-hydrogen) atoms. The summed E-state index contributed by atoms with van der Waals surface area (Å²) >= 11 is 12.8. The van der Waals surface area contributed by atoms with Crippen LogP contribution in [-0.2, 0) is 0 Å². The van der Waals surface area contributed by atoms with Gasteiger partial charge in [0.15, 0.2) is 0 Å².